The van der Waals surface area contributed by atoms with Crippen molar-refractivity contribution in [2.24, 2.45) is 7.05 Å². The largest absolute Gasteiger partial charge is 0.335 e. The van der Waals surface area contributed by atoms with E-state index in [-0.39, 0.29) is 18.1 Å². The Bertz CT molecular complexity index is 1290. The summed E-state index contributed by atoms with van der Waals surface area (Å²) in [5, 5.41) is 9.38. The molecule has 2 bridgehead atoms. The van der Waals surface area contributed by atoms with Crippen LogP contribution in [0.1, 0.15) is 37.3 Å². The van der Waals surface area contributed by atoms with Gasteiger partial charge in [-0.2, -0.15) is 5.26 Å². The fourth-order valence-corrected chi connectivity index (χ4v) is 4.99. The van der Waals surface area contributed by atoms with Crippen LogP contribution >= 0.6 is 11.6 Å². The molecule has 0 aliphatic carbocycles. The van der Waals surface area contributed by atoms with Crippen molar-refractivity contribution < 1.29 is 0 Å². The molecular formula is C20H18ClN7O2. The molecule has 0 amide bonds. The second kappa shape index (κ2) is 6.92. The van der Waals surface area contributed by atoms with Crippen molar-refractivity contribution in [3.63, 3.8) is 0 Å². The Balaban J connectivity index is 1.55. The summed E-state index contributed by atoms with van der Waals surface area (Å²) in [5.74, 6) is 0.603. The van der Waals surface area contributed by atoms with Crippen molar-refractivity contribution in [3.05, 3.63) is 56.0 Å². The SMILES string of the molecule is Cn1c(=O)c(=O)n(C2CC3CCC(C2)N3c2ncc(C#N)cn2)c2ncc(Cl)cc21. The summed E-state index contributed by atoms with van der Waals surface area (Å²) in [6.07, 6.45) is 7.85. The van der Waals surface area contributed by atoms with Gasteiger partial charge in [0.05, 0.1) is 28.5 Å². The molecule has 9 nitrogen and oxygen atoms in total. The van der Waals surface area contributed by atoms with Gasteiger partial charge in [0.25, 0.3) is 0 Å². The molecular weight excluding hydrogens is 406 g/mol. The lowest BCUT2D eigenvalue weighted by Crippen LogP contribution is -2.49. The number of piperidine rings is 1. The number of hydrogen-bond acceptors (Lipinski definition) is 7. The molecule has 2 fully saturated rings. The second-order valence-electron chi connectivity index (χ2n) is 7.84. The molecule has 2 aliphatic rings. The molecule has 3 aromatic rings. The van der Waals surface area contributed by atoms with Crippen molar-refractivity contribution in [2.75, 3.05) is 4.90 Å². The summed E-state index contributed by atoms with van der Waals surface area (Å²) in [4.78, 5) is 40.8. The van der Waals surface area contributed by atoms with Crippen LogP contribution in [-0.2, 0) is 7.05 Å². The number of rotatable bonds is 2. The highest BCUT2D eigenvalue weighted by atomic mass is 35.5. The second-order valence-corrected chi connectivity index (χ2v) is 8.27. The number of fused-ring (bicyclic) bond motifs is 3. The van der Waals surface area contributed by atoms with Crippen molar-refractivity contribution in [1.82, 2.24) is 24.1 Å². The highest BCUT2D eigenvalue weighted by molar-refractivity contribution is 6.31. The van der Waals surface area contributed by atoms with Gasteiger partial charge in [0.2, 0.25) is 5.95 Å². The van der Waals surface area contributed by atoms with Crippen LogP contribution in [-0.4, -0.2) is 36.2 Å². The van der Waals surface area contributed by atoms with E-state index < -0.39 is 11.1 Å². The maximum absolute atomic E-state index is 12.9. The van der Waals surface area contributed by atoms with Crippen LogP contribution in [0.4, 0.5) is 5.95 Å². The minimum absolute atomic E-state index is 0.144. The third-order valence-electron chi connectivity index (χ3n) is 6.18. The number of aryl methyl sites for hydroxylation is 1. The molecule has 0 N–H and O–H groups in total. The topological polar surface area (TPSA) is 110 Å². The number of nitriles is 1. The summed E-state index contributed by atoms with van der Waals surface area (Å²) < 4.78 is 2.86. The first-order valence-electron chi connectivity index (χ1n) is 9.75. The molecule has 30 heavy (non-hydrogen) atoms. The van der Waals surface area contributed by atoms with Crippen LogP contribution in [0.3, 0.4) is 0 Å². The fourth-order valence-electron chi connectivity index (χ4n) is 4.84. The van der Waals surface area contributed by atoms with Crippen molar-refractivity contribution in [3.8, 4) is 6.07 Å². The summed E-state index contributed by atoms with van der Waals surface area (Å²) in [6.45, 7) is 0. The fraction of sp³-hybridized carbons (Fsp3) is 0.400. The maximum atomic E-state index is 12.9. The molecule has 152 valence electrons. The standard InChI is InChI=1S/C20H18ClN7O2/c1-26-16-4-12(21)10-23-17(16)28(19(30)18(26)29)15-5-13-2-3-14(6-15)27(13)20-24-8-11(7-22)9-25-20/h4,8-10,13-15H,2-3,5-6H2,1H3. The van der Waals surface area contributed by atoms with Gasteiger partial charge in [0.1, 0.15) is 6.07 Å². The van der Waals surface area contributed by atoms with E-state index in [1.807, 2.05) is 6.07 Å². The number of nitrogens with zero attached hydrogens (tertiary/aromatic N) is 7. The van der Waals surface area contributed by atoms with Gasteiger partial charge in [-0.25, -0.2) is 15.0 Å². The van der Waals surface area contributed by atoms with Crippen LogP contribution < -0.4 is 16.0 Å². The molecule has 0 radical (unpaired) electrons. The molecule has 0 spiro atoms. The summed E-state index contributed by atoms with van der Waals surface area (Å²) >= 11 is 6.08. The summed E-state index contributed by atoms with van der Waals surface area (Å²) in [7, 11) is 1.56. The quantitative estimate of drug-likeness (QED) is 0.578. The Hall–Kier alpha value is -3.25. The third-order valence-corrected chi connectivity index (χ3v) is 6.39. The van der Waals surface area contributed by atoms with Crippen LogP contribution in [0.5, 0.6) is 0 Å². The lowest BCUT2D eigenvalue weighted by molar-refractivity contribution is 0.330. The van der Waals surface area contributed by atoms with Crippen molar-refractivity contribution >= 4 is 28.7 Å². The van der Waals surface area contributed by atoms with E-state index in [0.29, 0.717) is 40.5 Å². The number of hydrogen-bond donors (Lipinski definition) is 0. The van der Waals surface area contributed by atoms with Gasteiger partial charge in [-0.1, -0.05) is 11.6 Å². The Morgan fingerprint density at radius 2 is 1.70 bits per heavy atom. The number of halogens is 1. The summed E-state index contributed by atoms with van der Waals surface area (Å²) in [5.41, 5.74) is 0.282. The Morgan fingerprint density at radius 1 is 1.03 bits per heavy atom. The molecule has 5 rings (SSSR count). The van der Waals surface area contributed by atoms with Crippen LogP contribution in [0.2, 0.25) is 5.02 Å². The van der Waals surface area contributed by atoms with Crippen LogP contribution in [0, 0.1) is 11.3 Å². The maximum Gasteiger partial charge on any atom is 0.318 e. The van der Waals surface area contributed by atoms with Gasteiger partial charge in [0, 0.05) is 31.4 Å². The zero-order valence-corrected chi connectivity index (χ0v) is 17.0. The number of anilines is 1. The van der Waals surface area contributed by atoms with Gasteiger partial charge < -0.3 is 9.47 Å². The molecule has 5 heterocycles. The smallest absolute Gasteiger partial charge is 0.318 e. The molecule has 10 heteroatoms. The molecule has 0 aromatic carbocycles. The van der Waals surface area contributed by atoms with E-state index in [0.717, 1.165) is 12.8 Å². The first-order valence-corrected chi connectivity index (χ1v) is 10.1. The van der Waals surface area contributed by atoms with Gasteiger partial charge in [-0.05, 0) is 31.7 Å². The van der Waals surface area contributed by atoms with Crippen LogP contribution in [0.15, 0.2) is 34.2 Å². The van der Waals surface area contributed by atoms with E-state index in [4.69, 9.17) is 16.9 Å². The Morgan fingerprint density at radius 3 is 2.33 bits per heavy atom. The molecule has 2 atom stereocenters. The molecule has 0 saturated carbocycles. The average molecular weight is 424 g/mol. The average Bonchev–Trinajstić information content (AvgIpc) is 3.02. The Labute approximate surface area is 176 Å². The number of pyridine rings is 1. The van der Waals surface area contributed by atoms with E-state index in [2.05, 4.69) is 19.9 Å². The van der Waals surface area contributed by atoms with E-state index in [1.165, 1.54) is 23.2 Å². The highest BCUT2D eigenvalue weighted by Crippen LogP contribution is 2.42. The van der Waals surface area contributed by atoms with Gasteiger partial charge in [-0.3, -0.25) is 14.2 Å². The van der Waals surface area contributed by atoms with Gasteiger partial charge >= 0.3 is 11.1 Å². The van der Waals surface area contributed by atoms with Crippen molar-refractivity contribution in [2.45, 2.75) is 43.8 Å². The van der Waals surface area contributed by atoms with E-state index in [9.17, 15) is 9.59 Å². The van der Waals surface area contributed by atoms with E-state index >= 15 is 0 Å². The zero-order chi connectivity index (χ0) is 21.0. The van der Waals surface area contributed by atoms with Gasteiger partial charge in [0.15, 0.2) is 5.65 Å². The van der Waals surface area contributed by atoms with Crippen molar-refractivity contribution in [1.29, 1.82) is 5.26 Å². The molecule has 2 saturated heterocycles. The Kier molecular flexibility index (Phi) is 4.33. The lowest BCUT2D eigenvalue weighted by Gasteiger charge is -2.39. The van der Waals surface area contributed by atoms with E-state index in [1.54, 1.807) is 17.7 Å². The molecule has 3 aromatic heterocycles. The van der Waals surface area contributed by atoms with Crippen LogP contribution in [0.25, 0.3) is 11.2 Å². The van der Waals surface area contributed by atoms with Gasteiger partial charge in [-0.15, -0.1) is 0 Å². The third kappa shape index (κ3) is 2.79. The zero-order valence-electron chi connectivity index (χ0n) is 16.2. The normalized spacial score (nSPS) is 23.0. The first-order chi connectivity index (χ1) is 14.5. The minimum Gasteiger partial charge on any atom is -0.335 e. The predicted molar refractivity (Wildman–Crippen MR) is 111 cm³/mol. The first kappa shape index (κ1) is 18.8. The highest BCUT2D eigenvalue weighted by Gasteiger charge is 2.43. The molecule has 2 unspecified atom stereocenters. The number of aromatic nitrogens is 5. The molecule has 2 aliphatic heterocycles. The summed E-state index contributed by atoms with van der Waals surface area (Å²) in [6, 6.07) is 3.86. The monoisotopic (exact) mass is 423 g/mol. The minimum atomic E-state index is -0.586. The lowest BCUT2D eigenvalue weighted by atomic mass is 9.97. The predicted octanol–water partition coefficient (Wildman–Crippen LogP) is 1.78.